The molecule has 2 aliphatic heterocycles. The molecule has 2 fully saturated rings. The summed E-state index contributed by atoms with van der Waals surface area (Å²) in [6, 6.07) is 12.3. The highest BCUT2D eigenvalue weighted by atomic mass is 32.2. The zero-order valence-electron chi connectivity index (χ0n) is 30.9. The predicted octanol–water partition coefficient (Wildman–Crippen LogP) is 6.54. The van der Waals surface area contributed by atoms with Gasteiger partial charge < -0.3 is 19.5 Å². The highest BCUT2D eigenvalue weighted by Crippen LogP contribution is 2.47. The summed E-state index contributed by atoms with van der Waals surface area (Å²) in [5.41, 5.74) is 4.12. The Kier molecular flexibility index (Phi) is 9.91. The number of carbonyl (C=O) groups excluding carboxylic acids is 2. The van der Waals surface area contributed by atoms with Crippen LogP contribution in [-0.4, -0.2) is 65.4 Å². The minimum absolute atomic E-state index is 0.00965. The predicted molar refractivity (Wildman–Crippen MR) is 200 cm³/mol. The van der Waals surface area contributed by atoms with Gasteiger partial charge in [-0.25, -0.2) is 4.21 Å². The number of amides is 2. The van der Waals surface area contributed by atoms with Crippen molar-refractivity contribution in [1.29, 1.82) is 0 Å². The van der Waals surface area contributed by atoms with Crippen LogP contribution in [0.3, 0.4) is 0 Å². The molecule has 2 saturated carbocycles. The average molecular weight is 718 g/mol. The van der Waals surface area contributed by atoms with Gasteiger partial charge in [0.25, 0.3) is 5.91 Å². The summed E-state index contributed by atoms with van der Waals surface area (Å²) in [5.74, 6) is 0.0557. The van der Waals surface area contributed by atoms with Crippen molar-refractivity contribution in [3.8, 4) is 5.75 Å². The number of ether oxygens (including phenoxy) is 2. The molecule has 0 radical (unpaired) electrons. The van der Waals surface area contributed by atoms with E-state index in [0.29, 0.717) is 43.3 Å². The topological polar surface area (TPSA) is 118 Å². The van der Waals surface area contributed by atoms with Crippen molar-refractivity contribution < 1.29 is 28.4 Å². The maximum Gasteiger partial charge on any atom is 0.286 e. The molecular formula is C41H55N3O6S. The maximum absolute atomic E-state index is 14.5. The van der Waals surface area contributed by atoms with E-state index in [1.165, 1.54) is 16.7 Å². The second-order valence-corrected chi connectivity index (χ2v) is 18.8. The molecule has 10 heteroatoms. The highest BCUT2D eigenvalue weighted by molar-refractivity contribution is 7.92. The van der Waals surface area contributed by atoms with E-state index in [2.05, 4.69) is 51.3 Å². The van der Waals surface area contributed by atoms with E-state index in [4.69, 9.17) is 9.47 Å². The molecular weight excluding hydrogens is 663 g/mol. The Hall–Kier alpha value is -3.21. The summed E-state index contributed by atoms with van der Waals surface area (Å²) >= 11 is 0. The molecule has 2 bridgehead atoms. The van der Waals surface area contributed by atoms with Crippen molar-refractivity contribution in [3.05, 3.63) is 70.8 Å². The SMILES string of the molecule is CO[C@H]1/C=C/C[C@H](C)CS(=O)(NC(=O)C2CC(C(C)(C)O)C2)=NC(=O)c2ccc3c(c2)N(C[C@@H]2CC[C@H]21)C[C@@]1(CCCc2cc(C)ccc21)CO3. The van der Waals surface area contributed by atoms with Crippen LogP contribution in [0.15, 0.2) is 52.9 Å². The zero-order valence-corrected chi connectivity index (χ0v) is 31.7. The number of anilines is 1. The van der Waals surface area contributed by atoms with Crippen LogP contribution < -0.4 is 14.4 Å². The fraction of sp³-hybridized carbons (Fsp3) is 0.610. The summed E-state index contributed by atoms with van der Waals surface area (Å²) in [6.07, 6.45) is 11.2. The summed E-state index contributed by atoms with van der Waals surface area (Å²) in [4.78, 5) is 29.8. The van der Waals surface area contributed by atoms with E-state index in [0.717, 1.165) is 56.6 Å². The number of carbonyl (C=O) groups is 2. The lowest BCUT2D eigenvalue weighted by Crippen LogP contribution is -2.49. The first kappa shape index (κ1) is 36.2. The molecule has 276 valence electrons. The van der Waals surface area contributed by atoms with Crippen LogP contribution in [0.1, 0.15) is 92.8 Å². The quantitative estimate of drug-likeness (QED) is 0.345. The van der Waals surface area contributed by atoms with Gasteiger partial charge in [-0.2, -0.15) is 0 Å². The number of rotatable bonds is 4. The van der Waals surface area contributed by atoms with Gasteiger partial charge in [-0.05, 0) is 125 Å². The van der Waals surface area contributed by atoms with Crippen molar-refractivity contribution >= 4 is 27.4 Å². The molecule has 2 amide bonds. The van der Waals surface area contributed by atoms with Gasteiger partial charge in [-0.3, -0.25) is 14.3 Å². The molecule has 6 atom stereocenters. The van der Waals surface area contributed by atoms with E-state index in [9.17, 15) is 18.9 Å². The maximum atomic E-state index is 14.5. The van der Waals surface area contributed by atoms with Crippen LogP contribution in [0.5, 0.6) is 5.75 Å². The van der Waals surface area contributed by atoms with Crippen molar-refractivity contribution in [2.24, 2.45) is 34.0 Å². The second-order valence-electron chi connectivity index (χ2n) is 16.8. The van der Waals surface area contributed by atoms with Crippen molar-refractivity contribution in [1.82, 2.24) is 4.72 Å². The van der Waals surface area contributed by atoms with Crippen molar-refractivity contribution in [2.75, 3.05) is 37.5 Å². The first-order valence-electron chi connectivity index (χ1n) is 18.9. The third kappa shape index (κ3) is 7.38. The molecule has 9 nitrogen and oxygen atoms in total. The number of benzene rings is 2. The lowest BCUT2D eigenvalue weighted by Gasteiger charge is -2.46. The average Bonchev–Trinajstić information content (AvgIpc) is 3.17. The third-order valence-corrected chi connectivity index (χ3v) is 14.5. The van der Waals surface area contributed by atoms with Crippen molar-refractivity contribution in [2.45, 2.75) is 96.2 Å². The summed E-state index contributed by atoms with van der Waals surface area (Å²) in [7, 11) is -1.69. The van der Waals surface area contributed by atoms with Crippen molar-refractivity contribution in [3.63, 3.8) is 0 Å². The summed E-state index contributed by atoms with van der Waals surface area (Å²) in [5, 5.41) is 10.4. The largest absolute Gasteiger partial charge is 0.490 e. The second kappa shape index (κ2) is 14.0. The molecule has 7 rings (SSSR count). The fourth-order valence-corrected chi connectivity index (χ4v) is 11.1. The molecule has 51 heavy (non-hydrogen) atoms. The van der Waals surface area contributed by atoms with Crippen LogP contribution in [0, 0.1) is 36.5 Å². The lowest BCUT2D eigenvalue weighted by molar-refractivity contribution is -0.131. The van der Waals surface area contributed by atoms with Gasteiger partial charge in [0.2, 0.25) is 5.91 Å². The van der Waals surface area contributed by atoms with E-state index < -0.39 is 21.4 Å². The molecule has 0 saturated heterocycles. The Bertz CT molecular complexity index is 1820. The molecule has 2 aromatic rings. The Balaban J connectivity index is 1.26. The number of aliphatic hydroxyl groups is 1. The molecule has 1 unspecified atom stereocenters. The van der Waals surface area contributed by atoms with Crippen LogP contribution >= 0.6 is 0 Å². The van der Waals surface area contributed by atoms with Crippen LogP contribution in [-0.2, 0) is 31.3 Å². The van der Waals surface area contributed by atoms with Gasteiger partial charge in [0.1, 0.15) is 15.7 Å². The Morgan fingerprint density at radius 3 is 2.71 bits per heavy atom. The van der Waals surface area contributed by atoms with Gasteiger partial charge in [0, 0.05) is 37.1 Å². The number of allylic oxidation sites excluding steroid dienone is 1. The summed E-state index contributed by atoms with van der Waals surface area (Å²) < 4.78 is 34.3. The number of nitrogens with zero attached hydrogens (tertiary/aromatic N) is 2. The first-order valence-corrected chi connectivity index (χ1v) is 20.6. The van der Waals surface area contributed by atoms with E-state index >= 15 is 0 Å². The monoisotopic (exact) mass is 717 g/mol. The molecule has 3 aliphatic carbocycles. The van der Waals surface area contributed by atoms with Gasteiger partial charge in [-0.15, -0.1) is 4.36 Å². The van der Waals surface area contributed by atoms with Gasteiger partial charge in [0.15, 0.2) is 0 Å². The van der Waals surface area contributed by atoms with E-state index in [-0.39, 0.29) is 40.9 Å². The number of methoxy groups -OCH3 is 1. The number of aryl methyl sites for hydroxylation is 2. The normalized spacial score (nSPS) is 34.4. The Morgan fingerprint density at radius 1 is 1.18 bits per heavy atom. The van der Waals surface area contributed by atoms with Gasteiger partial charge in [0.05, 0.1) is 29.8 Å². The minimum Gasteiger partial charge on any atom is -0.490 e. The molecule has 0 aromatic heterocycles. The Labute approximate surface area is 303 Å². The van der Waals surface area contributed by atoms with Gasteiger partial charge in [-0.1, -0.05) is 42.8 Å². The lowest BCUT2D eigenvalue weighted by atomic mass is 9.67. The fourth-order valence-electron chi connectivity index (χ4n) is 9.18. The molecule has 2 N–H and O–H groups in total. The summed E-state index contributed by atoms with van der Waals surface area (Å²) in [6.45, 7) is 9.74. The van der Waals surface area contributed by atoms with Gasteiger partial charge >= 0.3 is 0 Å². The van der Waals surface area contributed by atoms with Crippen LogP contribution in [0.4, 0.5) is 5.69 Å². The van der Waals surface area contributed by atoms with Crippen LogP contribution in [0.2, 0.25) is 0 Å². The third-order valence-electron chi connectivity index (χ3n) is 12.5. The number of hydrogen-bond donors (Lipinski definition) is 2. The van der Waals surface area contributed by atoms with E-state index in [1.807, 2.05) is 19.1 Å². The highest BCUT2D eigenvalue weighted by Gasteiger charge is 2.45. The van der Waals surface area contributed by atoms with Crippen LogP contribution in [0.25, 0.3) is 0 Å². The smallest absolute Gasteiger partial charge is 0.286 e. The number of nitrogens with one attached hydrogen (secondary N) is 1. The molecule has 2 heterocycles. The number of hydrogen-bond acceptors (Lipinski definition) is 7. The number of fused-ring (bicyclic) bond motifs is 4. The molecule has 5 aliphatic rings. The first-order chi connectivity index (χ1) is 24.3. The molecule has 2 aromatic carbocycles. The Morgan fingerprint density at radius 2 is 1.98 bits per heavy atom. The van der Waals surface area contributed by atoms with E-state index in [1.54, 1.807) is 27.0 Å². The zero-order chi connectivity index (χ0) is 36.1. The molecule has 1 spiro atoms. The standard InChI is InChI=1S/C41H55N3O6S/c1-26-11-15-34-28(18-26)9-7-17-41(34)24-44-22-30-12-14-33(30)36(49-5)10-6-8-27(2)23-51(48,43-39(46)31-19-32(20-31)40(3,4)47)42-38(45)29-13-16-37(50-25-41)35(44)21-29/h6,10-11,13,15-16,18,21,27,30-33,36,47H,7-9,12,14,17,19-20,22-25H2,1-5H3,(H,42,43,45,46,48)/b10-6+/t27-,30-,31?,32?,33+,36-,41-,51?/m0/s1. The minimum atomic E-state index is -3.46.